The Morgan fingerprint density at radius 2 is 0.522 bits per heavy atom. The highest BCUT2D eigenvalue weighted by molar-refractivity contribution is 6.22. The van der Waals surface area contributed by atoms with Crippen molar-refractivity contribution in [2.24, 2.45) is 0 Å². The van der Waals surface area contributed by atoms with Gasteiger partial charge in [0.05, 0.1) is 0 Å². The molecule has 0 saturated heterocycles. The summed E-state index contributed by atoms with van der Waals surface area (Å²) < 4.78 is 0. The van der Waals surface area contributed by atoms with Crippen LogP contribution < -0.4 is 0 Å². The second-order valence-corrected chi connectivity index (χ2v) is 12.5. The van der Waals surface area contributed by atoms with Gasteiger partial charge in [-0.05, 0) is 122 Å². The van der Waals surface area contributed by atoms with Crippen molar-refractivity contribution in [3.63, 3.8) is 0 Å². The molecule has 212 valence electrons. The topological polar surface area (TPSA) is 0 Å². The second-order valence-electron chi connectivity index (χ2n) is 12.5. The highest BCUT2D eigenvalue weighted by Gasteiger charge is 2.10. The zero-order chi connectivity index (χ0) is 30.2. The Balaban J connectivity index is 1.07. The molecule has 10 aromatic rings. The van der Waals surface area contributed by atoms with E-state index < -0.39 is 0 Å². The Morgan fingerprint density at radius 3 is 1.20 bits per heavy atom. The molecule has 0 nitrogen and oxygen atoms in total. The van der Waals surface area contributed by atoms with Crippen LogP contribution in [0.3, 0.4) is 0 Å². The average molecular weight is 581 g/mol. The lowest BCUT2D eigenvalue weighted by atomic mass is 9.92. The summed E-state index contributed by atoms with van der Waals surface area (Å²) in [5, 5.41) is 18.0. The van der Waals surface area contributed by atoms with Gasteiger partial charge >= 0.3 is 0 Å². The molecule has 0 N–H and O–H groups in total. The fourth-order valence-electron chi connectivity index (χ4n) is 7.61. The van der Waals surface area contributed by atoms with Crippen LogP contribution >= 0.6 is 0 Å². The summed E-state index contributed by atoms with van der Waals surface area (Å²) in [6.45, 7) is 0. The van der Waals surface area contributed by atoms with Crippen LogP contribution in [0.15, 0.2) is 170 Å². The molecule has 0 heterocycles. The molecule has 0 atom stereocenters. The predicted octanol–water partition coefficient (Wildman–Crippen LogP) is 13.1. The number of benzene rings is 10. The molecule has 0 aliphatic carbocycles. The van der Waals surface area contributed by atoms with Crippen molar-refractivity contribution in [3.05, 3.63) is 170 Å². The molecule has 0 heteroatoms. The first-order chi connectivity index (χ1) is 22.8. The normalized spacial score (nSPS) is 11.9. The lowest BCUT2D eigenvalue weighted by Gasteiger charge is -2.12. The molecule has 0 aliphatic rings. The molecule has 0 spiro atoms. The Bertz CT molecular complexity index is 2850. The minimum atomic E-state index is 1.24. The molecule has 0 aliphatic heterocycles. The number of rotatable bonds is 2. The lowest BCUT2D eigenvalue weighted by molar-refractivity contribution is 1.67. The number of fused-ring (bicyclic) bond motifs is 11. The molecule has 0 saturated carbocycles. The van der Waals surface area contributed by atoms with Crippen LogP contribution in [0.2, 0.25) is 0 Å². The van der Waals surface area contributed by atoms with Crippen molar-refractivity contribution in [3.8, 4) is 22.3 Å². The van der Waals surface area contributed by atoms with Gasteiger partial charge in [-0.25, -0.2) is 0 Å². The average Bonchev–Trinajstić information content (AvgIpc) is 3.13. The Morgan fingerprint density at radius 1 is 0.174 bits per heavy atom. The van der Waals surface area contributed by atoms with Crippen LogP contribution in [0.4, 0.5) is 0 Å². The van der Waals surface area contributed by atoms with Gasteiger partial charge in [-0.1, -0.05) is 146 Å². The fraction of sp³-hybridized carbons (Fsp3) is 0. The van der Waals surface area contributed by atoms with Crippen molar-refractivity contribution in [2.45, 2.75) is 0 Å². The maximum atomic E-state index is 2.38. The third kappa shape index (κ3) is 3.87. The van der Waals surface area contributed by atoms with Crippen molar-refractivity contribution >= 4 is 75.4 Å². The van der Waals surface area contributed by atoms with E-state index in [1.54, 1.807) is 0 Å². The standard InChI is InChI=1S/C46H28/c1-2-7-32-25-33(11-9-29(32)5-1)34-17-19-40-37(26-34)13-14-38-27-35(18-20-41(38)40)36-12-10-31-16-22-44-43-21-15-30-6-3-4-8-39(30)42(43)23-24-45(44)46(31)28-36/h1-28H. The van der Waals surface area contributed by atoms with Crippen molar-refractivity contribution < 1.29 is 0 Å². The Labute approximate surface area is 266 Å². The number of hydrogen-bond acceptors (Lipinski definition) is 0. The third-order valence-corrected chi connectivity index (χ3v) is 9.99. The van der Waals surface area contributed by atoms with Crippen LogP contribution in [0.5, 0.6) is 0 Å². The zero-order valence-electron chi connectivity index (χ0n) is 25.2. The minimum Gasteiger partial charge on any atom is -0.0616 e. The molecule has 0 bridgehead atoms. The zero-order valence-corrected chi connectivity index (χ0v) is 25.2. The van der Waals surface area contributed by atoms with Gasteiger partial charge in [0.25, 0.3) is 0 Å². The second kappa shape index (κ2) is 9.76. The summed E-state index contributed by atoms with van der Waals surface area (Å²) in [4.78, 5) is 0. The molecule has 46 heavy (non-hydrogen) atoms. The summed E-state index contributed by atoms with van der Waals surface area (Å²) in [5.74, 6) is 0. The molecule has 0 radical (unpaired) electrons. The molecule has 10 aromatic carbocycles. The molecule has 0 aromatic heterocycles. The smallest absolute Gasteiger partial charge is 0.00987 e. The summed E-state index contributed by atoms with van der Waals surface area (Å²) in [7, 11) is 0. The minimum absolute atomic E-state index is 1.24. The third-order valence-electron chi connectivity index (χ3n) is 9.99. The predicted molar refractivity (Wildman–Crippen MR) is 200 cm³/mol. The van der Waals surface area contributed by atoms with Crippen molar-refractivity contribution in [2.75, 3.05) is 0 Å². The van der Waals surface area contributed by atoms with E-state index in [1.165, 1.54) is 97.7 Å². The van der Waals surface area contributed by atoms with Crippen LogP contribution in [0, 0.1) is 0 Å². The van der Waals surface area contributed by atoms with Crippen molar-refractivity contribution in [1.82, 2.24) is 0 Å². The van der Waals surface area contributed by atoms with Gasteiger partial charge in [0, 0.05) is 0 Å². The van der Waals surface area contributed by atoms with Gasteiger partial charge in [-0.3, -0.25) is 0 Å². The first-order valence-corrected chi connectivity index (χ1v) is 16.0. The van der Waals surface area contributed by atoms with Gasteiger partial charge in [-0.15, -0.1) is 0 Å². The van der Waals surface area contributed by atoms with Crippen LogP contribution in [-0.4, -0.2) is 0 Å². The van der Waals surface area contributed by atoms with Gasteiger partial charge in [0.2, 0.25) is 0 Å². The highest BCUT2D eigenvalue weighted by atomic mass is 14.1. The first-order valence-electron chi connectivity index (χ1n) is 16.0. The molecule has 0 fully saturated rings. The molecular weight excluding hydrogens is 553 g/mol. The lowest BCUT2D eigenvalue weighted by Crippen LogP contribution is -1.85. The summed E-state index contributed by atoms with van der Waals surface area (Å²) in [6, 6.07) is 63.0. The van der Waals surface area contributed by atoms with Gasteiger partial charge < -0.3 is 0 Å². The molecule has 0 amide bonds. The number of hydrogen-bond donors (Lipinski definition) is 0. The fourth-order valence-corrected chi connectivity index (χ4v) is 7.61. The van der Waals surface area contributed by atoms with E-state index in [4.69, 9.17) is 0 Å². The molecular formula is C46H28. The van der Waals surface area contributed by atoms with E-state index in [2.05, 4.69) is 170 Å². The molecule has 0 unspecified atom stereocenters. The van der Waals surface area contributed by atoms with E-state index in [1.807, 2.05) is 0 Å². The van der Waals surface area contributed by atoms with Gasteiger partial charge in [0.15, 0.2) is 0 Å². The summed E-state index contributed by atoms with van der Waals surface area (Å²) >= 11 is 0. The van der Waals surface area contributed by atoms with E-state index >= 15 is 0 Å². The Hall–Kier alpha value is -5.98. The van der Waals surface area contributed by atoms with Crippen LogP contribution in [0.25, 0.3) is 97.7 Å². The van der Waals surface area contributed by atoms with Crippen LogP contribution in [-0.2, 0) is 0 Å². The highest BCUT2D eigenvalue weighted by Crippen LogP contribution is 2.38. The summed E-state index contributed by atoms with van der Waals surface area (Å²) in [6.07, 6.45) is 0. The maximum Gasteiger partial charge on any atom is -0.00987 e. The monoisotopic (exact) mass is 580 g/mol. The van der Waals surface area contributed by atoms with E-state index in [0.29, 0.717) is 0 Å². The SMILES string of the molecule is c1ccc2cc(-c3ccc4c(ccc5cc(-c6ccc7ccc8c(ccc9c%10ccccc%10ccc98)c7c6)ccc54)c3)ccc2c1. The van der Waals surface area contributed by atoms with E-state index in [-0.39, 0.29) is 0 Å². The van der Waals surface area contributed by atoms with E-state index in [9.17, 15) is 0 Å². The van der Waals surface area contributed by atoms with E-state index in [0.717, 1.165) is 0 Å². The van der Waals surface area contributed by atoms with Crippen LogP contribution in [0.1, 0.15) is 0 Å². The maximum absolute atomic E-state index is 2.38. The Kier molecular flexibility index (Phi) is 5.38. The largest absolute Gasteiger partial charge is 0.0616 e. The van der Waals surface area contributed by atoms with Gasteiger partial charge in [0.1, 0.15) is 0 Å². The van der Waals surface area contributed by atoms with Crippen molar-refractivity contribution in [1.29, 1.82) is 0 Å². The quantitative estimate of drug-likeness (QED) is 0.178. The van der Waals surface area contributed by atoms with Gasteiger partial charge in [-0.2, -0.15) is 0 Å². The molecule has 10 rings (SSSR count). The first kappa shape index (κ1) is 25.4. The summed E-state index contributed by atoms with van der Waals surface area (Å²) in [5.41, 5.74) is 4.98.